The molecule has 1 spiro atoms. The SMILES string of the molecule is CC(C)(C)NC(=O)C1N([C@@H](CO)Cc2ccccc2)C(=O)[C@@H]2[C@H](C(=O)Nc3ccccc3)[C@H]3OC12CC3Br. The van der Waals surface area contributed by atoms with E-state index >= 15 is 0 Å². The molecule has 2 aromatic rings. The number of hydrogen-bond donors (Lipinski definition) is 3. The molecule has 3 amide bonds. The van der Waals surface area contributed by atoms with E-state index in [0.29, 0.717) is 18.5 Å². The number of ether oxygens (including phenoxy) is 1. The van der Waals surface area contributed by atoms with Crippen LogP contribution >= 0.6 is 15.9 Å². The van der Waals surface area contributed by atoms with E-state index in [1.165, 1.54) is 4.90 Å². The second kappa shape index (κ2) is 10.1. The summed E-state index contributed by atoms with van der Waals surface area (Å²) in [6.45, 7) is 5.31. The van der Waals surface area contributed by atoms with Crippen LogP contribution in [0.5, 0.6) is 0 Å². The molecule has 3 aliphatic heterocycles. The molecule has 202 valence electrons. The number of alkyl halides is 1. The molecule has 3 N–H and O–H groups in total. The summed E-state index contributed by atoms with van der Waals surface area (Å²) in [6, 6.07) is 17.0. The maximum Gasteiger partial charge on any atom is 0.246 e. The van der Waals surface area contributed by atoms with E-state index in [9.17, 15) is 19.5 Å². The molecule has 3 aliphatic rings. The van der Waals surface area contributed by atoms with Crippen molar-refractivity contribution in [3.63, 3.8) is 0 Å². The fraction of sp³-hybridized carbons (Fsp3) is 0.483. The highest BCUT2D eigenvalue weighted by Gasteiger charge is 2.77. The summed E-state index contributed by atoms with van der Waals surface area (Å²) in [7, 11) is 0. The monoisotopic (exact) mass is 583 g/mol. The molecule has 3 saturated heterocycles. The van der Waals surface area contributed by atoms with Crippen molar-refractivity contribution in [2.75, 3.05) is 11.9 Å². The molecule has 0 radical (unpaired) electrons. The number of para-hydroxylation sites is 1. The van der Waals surface area contributed by atoms with Gasteiger partial charge in [-0.2, -0.15) is 0 Å². The Kier molecular flexibility index (Phi) is 7.13. The second-order valence-corrected chi connectivity index (χ2v) is 12.7. The number of carbonyl (C=O) groups excluding carboxylic acids is 3. The van der Waals surface area contributed by atoms with E-state index in [1.807, 2.05) is 69.3 Å². The van der Waals surface area contributed by atoms with Crippen LogP contribution in [-0.2, 0) is 25.5 Å². The first-order chi connectivity index (χ1) is 18.1. The lowest BCUT2D eigenvalue weighted by Crippen LogP contribution is -2.60. The van der Waals surface area contributed by atoms with Crippen LogP contribution in [0, 0.1) is 11.8 Å². The largest absolute Gasteiger partial charge is 0.394 e. The Balaban J connectivity index is 1.54. The van der Waals surface area contributed by atoms with Crippen LogP contribution in [0.4, 0.5) is 5.69 Å². The zero-order chi connectivity index (χ0) is 27.2. The maximum absolute atomic E-state index is 14.3. The third kappa shape index (κ3) is 4.65. The average Bonchev–Trinajstić information content (AvgIpc) is 3.46. The quantitative estimate of drug-likeness (QED) is 0.434. The van der Waals surface area contributed by atoms with Gasteiger partial charge in [0.2, 0.25) is 17.7 Å². The summed E-state index contributed by atoms with van der Waals surface area (Å²) in [5.74, 6) is -2.61. The Morgan fingerprint density at radius 2 is 1.74 bits per heavy atom. The number of nitrogens with zero attached hydrogens (tertiary/aromatic N) is 1. The molecule has 9 heteroatoms. The van der Waals surface area contributed by atoms with E-state index in [1.54, 1.807) is 12.1 Å². The van der Waals surface area contributed by atoms with E-state index < -0.39 is 41.2 Å². The Labute approximate surface area is 231 Å². The molecule has 0 saturated carbocycles. The van der Waals surface area contributed by atoms with Crippen molar-refractivity contribution >= 4 is 39.3 Å². The summed E-state index contributed by atoms with van der Waals surface area (Å²) in [5.41, 5.74) is -0.176. The lowest BCUT2D eigenvalue weighted by Gasteiger charge is -2.38. The van der Waals surface area contributed by atoms with Gasteiger partial charge in [0, 0.05) is 16.1 Å². The predicted octanol–water partition coefficient (Wildman–Crippen LogP) is 2.89. The van der Waals surface area contributed by atoms with Crippen molar-refractivity contribution in [2.24, 2.45) is 11.8 Å². The van der Waals surface area contributed by atoms with Crippen LogP contribution in [0.2, 0.25) is 0 Å². The predicted molar refractivity (Wildman–Crippen MR) is 147 cm³/mol. The van der Waals surface area contributed by atoms with Gasteiger partial charge in [-0.1, -0.05) is 64.5 Å². The van der Waals surface area contributed by atoms with Crippen LogP contribution in [0.25, 0.3) is 0 Å². The molecule has 38 heavy (non-hydrogen) atoms. The third-order valence-corrected chi connectivity index (χ3v) is 8.58. The highest BCUT2D eigenvalue weighted by atomic mass is 79.9. The number of nitrogens with one attached hydrogen (secondary N) is 2. The number of aliphatic hydroxyl groups is 1. The standard InChI is InChI=1S/C29H34BrN3O5/c1-28(2,3)32-26(36)24-29-15-20(30)23(38-29)21(25(35)31-18-12-8-5-9-13-18)22(29)27(37)33(24)19(16-34)14-17-10-6-4-7-11-17/h4-13,19-24,34H,14-16H2,1-3H3,(H,31,35)(H,32,36)/t19-,20?,21+,22+,23+,24?,29?/m1/s1. The van der Waals surface area contributed by atoms with Gasteiger partial charge in [-0.15, -0.1) is 0 Å². The highest BCUT2D eigenvalue weighted by molar-refractivity contribution is 9.09. The maximum atomic E-state index is 14.3. The Bertz CT molecular complexity index is 1200. The normalized spacial score (nSPS) is 30.7. The number of halogens is 1. The molecule has 0 aliphatic carbocycles. The summed E-state index contributed by atoms with van der Waals surface area (Å²) in [5, 5.41) is 16.5. The topological polar surface area (TPSA) is 108 Å². The van der Waals surface area contributed by atoms with E-state index in [4.69, 9.17) is 4.74 Å². The smallest absolute Gasteiger partial charge is 0.246 e. The average molecular weight is 585 g/mol. The number of fused-ring (bicyclic) bond motifs is 1. The third-order valence-electron chi connectivity index (χ3n) is 7.74. The molecule has 3 unspecified atom stereocenters. The van der Waals surface area contributed by atoms with Gasteiger partial charge in [0.05, 0.1) is 30.6 Å². The zero-order valence-corrected chi connectivity index (χ0v) is 23.4. The number of aliphatic hydroxyl groups excluding tert-OH is 1. The molecule has 3 fully saturated rings. The number of benzene rings is 2. The second-order valence-electron chi connectivity index (χ2n) is 11.5. The minimum Gasteiger partial charge on any atom is -0.394 e. The fourth-order valence-corrected chi connectivity index (χ4v) is 7.32. The molecule has 8 nitrogen and oxygen atoms in total. The van der Waals surface area contributed by atoms with Crippen molar-refractivity contribution in [1.29, 1.82) is 0 Å². The first-order valence-electron chi connectivity index (χ1n) is 13.0. The van der Waals surface area contributed by atoms with Crippen LogP contribution < -0.4 is 10.6 Å². The first kappa shape index (κ1) is 26.8. The number of amides is 3. The van der Waals surface area contributed by atoms with Crippen LogP contribution in [0.1, 0.15) is 32.8 Å². The van der Waals surface area contributed by atoms with Gasteiger partial charge in [-0.3, -0.25) is 14.4 Å². The minimum absolute atomic E-state index is 0.204. The molecular weight excluding hydrogens is 550 g/mol. The summed E-state index contributed by atoms with van der Waals surface area (Å²) < 4.78 is 6.55. The Morgan fingerprint density at radius 3 is 2.34 bits per heavy atom. The van der Waals surface area contributed by atoms with Crippen molar-refractivity contribution in [2.45, 2.75) is 67.8 Å². The molecular formula is C29H34BrN3O5. The first-order valence-corrected chi connectivity index (χ1v) is 13.9. The van der Waals surface area contributed by atoms with Crippen molar-refractivity contribution in [3.8, 4) is 0 Å². The van der Waals surface area contributed by atoms with E-state index in [2.05, 4.69) is 26.6 Å². The molecule has 5 rings (SSSR count). The van der Waals surface area contributed by atoms with Crippen molar-refractivity contribution in [1.82, 2.24) is 10.2 Å². The zero-order valence-electron chi connectivity index (χ0n) is 21.8. The lowest BCUT2D eigenvalue weighted by atomic mass is 9.70. The summed E-state index contributed by atoms with van der Waals surface area (Å²) >= 11 is 3.69. The fourth-order valence-electron chi connectivity index (χ4n) is 6.38. The van der Waals surface area contributed by atoms with Gasteiger partial charge >= 0.3 is 0 Å². The van der Waals surface area contributed by atoms with Crippen LogP contribution in [-0.4, -0.2) is 68.5 Å². The van der Waals surface area contributed by atoms with Gasteiger partial charge in [-0.25, -0.2) is 0 Å². The Morgan fingerprint density at radius 1 is 1.11 bits per heavy atom. The number of carbonyl (C=O) groups is 3. The number of hydrogen-bond acceptors (Lipinski definition) is 5. The van der Waals surface area contributed by atoms with E-state index in [-0.39, 0.29) is 29.2 Å². The van der Waals surface area contributed by atoms with Gasteiger partial charge in [0.1, 0.15) is 11.6 Å². The Hall–Kier alpha value is -2.75. The molecule has 2 aromatic carbocycles. The molecule has 0 aromatic heterocycles. The lowest BCUT2D eigenvalue weighted by molar-refractivity contribution is -0.145. The molecule has 2 bridgehead atoms. The van der Waals surface area contributed by atoms with Gasteiger partial charge in [0.15, 0.2) is 0 Å². The van der Waals surface area contributed by atoms with Crippen LogP contribution in [0.3, 0.4) is 0 Å². The van der Waals surface area contributed by atoms with Crippen molar-refractivity contribution in [3.05, 3.63) is 66.2 Å². The number of likely N-dealkylation sites (tertiary alicyclic amines) is 1. The van der Waals surface area contributed by atoms with Gasteiger partial charge < -0.3 is 25.4 Å². The molecule has 3 heterocycles. The van der Waals surface area contributed by atoms with E-state index in [0.717, 1.165) is 5.56 Å². The van der Waals surface area contributed by atoms with Gasteiger partial charge in [0.25, 0.3) is 0 Å². The van der Waals surface area contributed by atoms with Gasteiger partial charge in [-0.05, 0) is 51.3 Å². The number of anilines is 1. The van der Waals surface area contributed by atoms with Crippen LogP contribution in [0.15, 0.2) is 60.7 Å². The minimum atomic E-state index is -1.19. The van der Waals surface area contributed by atoms with Crippen molar-refractivity contribution < 1.29 is 24.2 Å². The number of rotatable bonds is 7. The summed E-state index contributed by atoms with van der Waals surface area (Å²) in [4.78, 5) is 43.1. The summed E-state index contributed by atoms with van der Waals surface area (Å²) in [6.07, 6.45) is 0.222. The molecule has 7 atom stereocenters. The highest BCUT2D eigenvalue weighted by Crippen LogP contribution is 2.60.